The summed E-state index contributed by atoms with van der Waals surface area (Å²) in [5.41, 5.74) is 6.78. The molecule has 5 N–H and O–H groups in total. The highest BCUT2D eigenvalue weighted by atomic mass is 35.5. The Morgan fingerprint density at radius 3 is 2.55 bits per heavy atom. The second-order valence-corrected chi connectivity index (χ2v) is 12.6. The van der Waals surface area contributed by atoms with Crippen molar-refractivity contribution in [1.82, 2.24) is 20.1 Å². The summed E-state index contributed by atoms with van der Waals surface area (Å²) in [5, 5.41) is 11.0. The molecule has 1 aromatic carbocycles. The minimum Gasteiger partial charge on any atom is -0.394 e. The smallest absolute Gasteiger partial charge is 0.394 e. The fourth-order valence-electron chi connectivity index (χ4n) is 6.70. The van der Waals surface area contributed by atoms with Gasteiger partial charge in [-0.25, -0.2) is 0 Å². The standard InChI is InChI=1S/C34H35BClF2N7O4/c1-18-13-19(2)44-29(18)15-24-7-6-23(45(24)35(44,37)38)8-10-30(46)39-11-12-40-34(49)32-20(3)28(41-21(32)4)16-26-25-14-22(42-31(47)17-36)5-9-27(25)43-33(26)48/h5-7,9,13-16,41H,8,10-12,17H2,1-4H3,(H,39,46)(H,40,49)(H,42,47)(H,43,48)/b26-16-. The lowest BCUT2D eigenvalue weighted by molar-refractivity contribution is -0.362. The Labute approximate surface area is 286 Å². The van der Waals surface area contributed by atoms with E-state index in [1.54, 1.807) is 69.3 Å². The molecule has 3 aliphatic rings. The number of allylic oxidation sites excluding steroid dienone is 2. The maximum atomic E-state index is 15.6. The largest absolute Gasteiger partial charge is 0.737 e. The summed E-state index contributed by atoms with van der Waals surface area (Å²) in [5.74, 6) is -1.58. The maximum Gasteiger partial charge on any atom is 0.737 e. The fourth-order valence-corrected chi connectivity index (χ4v) is 6.77. The minimum absolute atomic E-state index is 0.00540. The number of carbonyl (C=O) groups is 4. The number of halogens is 3. The van der Waals surface area contributed by atoms with Gasteiger partial charge in [0.25, 0.3) is 11.8 Å². The van der Waals surface area contributed by atoms with E-state index in [-0.39, 0.29) is 55.4 Å². The number of fused-ring (bicyclic) bond motifs is 3. The molecule has 0 atom stereocenters. The number of rotatable bonds is 10. The zero-order valence-electron chi connectivity index (χ0n) is 27.4. The highest BCUT2D eigenvalue weighted by Crippen LogP contribution is 2.36. The normalized spacial score (nSPS) is 16.3. The number of aromatic amines is 1. The molecule has 2 aromatic heterocycles. The van der Waals surface area contributed by atoms with Crippen molar-refractivity contribution in [2.45, 2.75) is 40.5 Å². The highest BCUT2D eigenvalue weighted by Gasteiger charge is 2.52. The van der Waals surface area contributed by atoms with Gasteiger partial charge >= 0.3 is 6.97 Å². The molecule has 5 heterocycles. The molecule has 0 saturated heterocycles. The first-order chi connectivity index (χ1) is 23.3. The molecule has 0 radical (unpaired) electrons. The molecule has 3 aromatic rings. The van der Waals surface area contributed by atoms with Crippen LogP contribution < -0.4 is 21.3 Å². The van der Waals surface area contributed by atoms with Crippen molar-refractivity contribution in [3.8, 4) is 0 Å². The molecule has 4 amide bonds. The topological polar surface area (TPSA) is 140 Å². The Hall–Kier alpha value is -5.24. The summed E-state index contributed by atoms with van der Waals surface area (Å²) in [6.07, 6.45) is 6.82. The van der Waals surface area contributed by atoms with Crippen molar-refractivity contribution < 1.29 is 32.3 Å². The third kappa shape index (κ3) is 6.23. The summed E-state index contributed by atoms with van der Waals surface area (Å²) in [6.45, 7) is 3.18. The molecule has 254 valence electrons. The number of alkyl halides is 1. The van der Waals surface area contributed by atoms with Crippen LogP contribution in [0.4, 0.5) is 20.0 Å². The highest BCUT2D eigenvalue weighted by molar-refractivity contribution is 6.58. The van der Waals surface area contributed by atoms with E-state index in [0.29, 0.717) is 67.8 Å². The van der Waals surface area contributed by atoms with Crippen molar-refractivity contribution in [3.63, 3.8) is 0 Å². The molecule has 0 aliphatic carbocycles. The molecule has 0 saturated carbocycles. The molecule has 3 aliphatic heterocycles. The van der Waals surface area contributed by atoms with Gasteiger partial charge in [0.05, 0.1) is 11.1 Å². The molecule has 15 heteroatoms. The molecular weight excluding hydrogens is 655 g/mol. The molecule has 49 heavy (non-hydrogen) atoms. The third-order valence-electron chi connectivity index (χ3n) is 8.95. The number of anilines is 2. The number of nitrogens with one attached hydrogen (secondary N) is 5. The van der Waals surface area contributed by atoms with E-state index >= 15 is 8.63 Å². The fraction of sp³-hybridized carbons (Fsp3) is 0.265. The zero-order valence-corrected chi connectivity index (χ0v) is 28.1. The van der Waals surface area contributed by atoms with E-state index in [0.717, 1.165) is 14.5 Å². The van der Waals surface area contributed by atoms with Gasteiger partial charge in [-0.05, 0) is 74.9 Å². The van der Waals surface area contributed by atoms with E-state index in [1.807, 2.05) is 6.92 Å². The Morgan fingerprint density at radius 1 is 1.04 bits per heavy atom. The van der Waals surface area contributed by atoms with E-state index in [2.05, 4.69) is 26.3 Å². The lowest BCUT2D eigenvalue weighted by Gasteiger charge is -2.30. The number of benzene rings is 1. The van der Waals surface area contributed by atoms with E-state index in [9.17, 15) is 19.2 Å². The Bertz CT molecular complexity index is 2070. The number of aromatic nitrogens is 2. The summed E-state index contributed by atoms with van der Waals surface area (Å²) < 4.78 is 33.4. The number of nitrogens with zero attached hydrogens (tertiary/aromatic N) is 2. The molecule has 11 nitrogen and oxygen atoms in total. The van der Waals surface area contributed by atoms with Gasteiger partial charge in [0.15, 0.2) is 5.70 Å². The van der Waals surface area contributed by atoms with Crippen LogP contribution in [0.3, 0.4) is 0 Å². The van der Waals surface area contributed by atoms with Crippen LogP contribution in [-0.2, 0) is 14.4 Å². The summed E-state index contributed by atoms with van der Waals surface area (Å²) >= 11 is 5.60. The minimum atomic E-state index is -4.09. The Balaban J connectivity index is 1.05. The molecule has 0 fully saturated rings. The average molecular weight is 690 g/mol. The molecule has 0 unspecified atom stereocenters. The lowest BCUT2D eigenvalue weighted by Crippen LogP contribution is -2.50. The number of H-pyrrole nitrogens is 1. The van der Waals surface area contributed by atoms with Gasteiger partial charge in [-0.1, -0.05) is 0 Å². The van der Waals surface area contributed by atoms with Crippen molar-refractivity contribution >= 4 is 77.0 Å². The quantitative estimate of drug-likeness (QED) is 0.0916. The van der Waals surface area contributed by atoms with Crippen LogP contribution >= 0.6 is 11.6 Å². The van der Waals surface area contributed by atoms with Crippen molar-refractivity contribution in [2.75, 3.05) is 29.6 Å². The maximum absolute atomic E-state index is 15.6. The van der Waals surface area contributed by atoms with Crippen LogP contribution in [0.2, 0.25) is 0 Å². The second kappa shape index (κ2) is 13.0. The van der Waals surface area contributed by atoms with E-state index < -0.39 is 6.97 Å². The second-order valence-electron chi connectivity index (χ2n) is 12.3. The Morgan fingerprint density at radius 2 is 1.80 bits per heavy atom. The predicted molar refractivity (Wildman–Crippen MR) is 187 cm³/mol. The van der Waals surface area contributed by atoms with Crippen molar-refractivity contribution in [1.29, 1.82) is 0 Å². The first-order valence-electron chi connectivity index (χ1n) is 15.8. The van der Waals surface area contributed by atoms with Crippen LogP contribution in [0.25, 0.3) is 17.7 Å². The Kier molecular flexibility index (Phi) is 8.93. The average Bonchev–Trinajstić information content (AvgIpc) is 3.77. The lowest BCUT2D eigenvalue weighted by atomic mass is 9.90. The molecule has 0 bridgehead atoms. The summed E-state index contributed by atoms with van der Waals surface area (Å²) in [4.78, 5) is 53.5. The number of hydrogen-bond acceptors (Lipinski definition) is 4. The van der Waals surface area contributed by atoms with Crippen LogP contribution in [0.5, 0.6) is 0 Å². The first kappa shape index (κ1) is 33.7. The van der Waals surface area contributed by atoms with Gasteiger partial charge in [-0.15, -0.1) is 11.6 Å². The van der Waals surface area contributed by atoms with Gasteiger partial charge in [-0.2, -0.15) is 0 Å². The van der Waals surface area contributed by atoms with Crippen LogP contribution in [0.1, 0.15) is 62.7 Å². The first-order valence-corrected chi connectivity index (χ1v) is 16.4. The van der Waals surface area contributed by atoms with Gasteiger partial charge in [0.2, 0.25) is 11.8 Å². The SMILES string of the molecule is Cc1cc(C)n2c1C=C1C=CC(CCC(=O)NCCNC(=O)c3c(C)[nH]c(/C=C4\C(=O)Nc5ccc(NC(=O)CCl)cc54)c3C)=[N+]1[B-]2(F)F. The number of amides is 4. The van der Waals surface area contributed by atoms with Crippen molar-refractivity contribution in [3.05, 3.63) is 87.1 Å². The summed E-state index contributed by atoms with van der Waals surface area (Å²) in [7, 11) is 0. The monoisotopic (exact) mass is 689 g/mol. The molecular formula is C34H35BClF2N7O4. The van der Waals surface area contributed by atoms with Crippen LogP contribution in [0.15, 0.2) is 42.1 Å². The van der Waals surface area contributed by atoms with Crippen LogP contribution in [-0.4, -0.2) is 69.2 Å². The van der Waals surface area contributed by atoms with E-state index in [4.69, 9.17) is 11.6 Å². The van der Waals surface area contributed by atoms with Crippen molar-refractivity contribution in [2.24, 2.45) is 0 Å². The summed E-state index contributed by atoms with van der Waals surface area (Å²) in [6, 6.07) is 6.77. The molecule has 6 rings (SSSR count). The predicted octanol–water partition coefficient (Wildman–Crippen LogP) is 4.65. The number of carbonyl (C=O) groups excluding carboxylic acids is 4. The van der Waals surface area contributed by atoms with Gasteiger partial charge in [0.1, 0.15) is 11.6 Å². The van der Waals surface area contributed by atoms with Gasteiger partial charge in [-0.3, -0.25) is 19.2 Å². The van der Waals surface area contributed by atoms with Gasteiger partial charge in [0, 0.05) is 78.2 Å². The van der Waals surface area contributed by atoms with Gasteiger partial charge < -0.3 is 43.8 Å². The molecule has 0 spiro atoms. The zero-order chi connectivity index (χ0) is 35.2. The third-order valence-corrected chi connectivity index (χ3v) is 9.19. The van der Waals surface area contributed by atoms with Crippen LogP contribution in [0, 0.1) is 27.7 Å². The van der Waals surface area contributed by atoms with E-state index in [1.165, 1.54) is 0 Å². The number of hydrogen-bond donors (Lipinski definition) is 5. The number of aryl methyl sites for hydroxylation is 3.